The lowest BCUT2D eigenvalue weighted by Gasteiger charge is -2.40. The monoisotopic (exact) mass is 889 g/mol. The lowest BCUT2D eigenvalue weighted by molar-refractivity contribution is -0.297. The normalized spacial score (nSPS) is 20.1. The van der Waals surface area contributed by atoms with Crippen molar-refractivity contribution in [1.29, 1.82) is 0 Å². The number of allylic oxidation sites excluding steroid dienone is 4. The highest BCUT2D eigenvalue weighted by atomic mass is 32.2. The summed E-state index contributed by atoms with van der Waals surface area (Å²) >= 11 is 0. The topological polar surface area (TPSA) is 186 Å². The van der Waals surface area contributed by atoms with E-state index in [-0.39, 0.29) is 19.4 Å². The van der Waals surface area contributed by atoms with Crippen LogP contribution >= 0.6 is 0 Å². The number of hydrogen-bond donors (Lipinski definition) is 4. The van der Waals surface area contributed by atoms with Gasteiger partial charge in [0.05, 0.1) is 6.61 Å². The van der Waals surface area contributed by atoms with Gasteiger partial charge in [0.25, 0.3) is 10.1 Å². The standard InChI is InChI=1S/C48H88O12S/c1-3-5-7-9-11-13-15-17-19-21-23-24-26-28-30-32-34-36-43(49)57-38-41(39-58-48-47(53)46(52)45(51)42(60-48)40-61(54,55)56)59-44(50)37-35-33-31-29-27-25-22-20-18-16-14-12-10-8-6-4-2/h14,16,20,22,41-42,45-48,51-53H,3-13,15,17-19,21,23-40H2,1-2H3,(H,54,55,56)/b16-14-,22-20-. The molecule has 1 rings (SSSR count). The summed E-state index contributed by atoms with van der Waals surface area (Å²) in [5.74, 6) is -1.99. The van der Waals surface area contributed by atoms with Crippen LogP contribution in [0.1, 0.15) is 213 Å². The highest BCUT2D eigenvalue weighted by Gasteiger charge is 2.46. The van der Waals surface area contributed by atoms with Crippen LogP contribution in [0, 0.1) is 0 Å². The largest absolute Gasteiger partial charge is 0.462 e. The summed E-state index contributed by atoms with van der Waals surface area (Å²) in [6, 6.07) is 0. The van der Waals surface area contributed by atoms with Gasteiger partial charge in [-0.05, 0) is 44.9 Å². The number of esters is 2. The Morgan fingerprint density at radius 3 is 1.46 bits per heavy atom. The molecule has 6 atom stereocenters. The van der Waals surface area contributed by atoms with Crippen LogP contribution in [0.15, 0.2) is 24.3 Å². The molecule has 0 aromatic carbocycles. The molecule has 12 nitrogen and oxygen atoms in total. The maximum absolute atomic E-state index is 12.8. The van der Waals surface area contributed by atoms with E-state index >= 15 is 0 Å². The van der Waals surface area contributed by atoms with Crippen molar-refractivity contribution in [3.05, 3.63) is 24.3 Å². The Labute approximate surface area is 370 Å². The summed E-state index contributed by atoms with van der Waals surface area (Å²) in [5, 5.41) is 30.9. The third-order valence-corrected chi connectivity index (χ3v) is 12.0. The maximum atomic E-state index is 12.8. The van der Waals surface area contributed by atoms with E-state index in [9.17, 15) is 37.9 Å². The Kier molecular flexibility index (Phi) is 36.1. The highest BCUT2D eigenvalue weighted by Crippen LogP contribution is 2.24. The van der Waals surface area contributed by atoms with E-state index in [1.807, 2.05) is 0 Å². The van der Waals surface area contributed by atoms with Crippen LogP contribution in [0.3, 0.4) is 0 Å². The zero-order valence-corrected chi connectivity index (χ0v) is 39.1. The average molecular weight is 889 g/mol. The van der Waals surface area contributed by atoms with E-state index < -0.39 is 71.2 Å². The predicted molar refractivity (Wildman–Crippen MR) is 243 cm³/mol. The van der Waals surface area contributed by atoms with E-state index in [2.05, 4.69) is 38.2 Å². The van der Waals surface area contributed by atoms with E-state index in [4.69, 9.17) is 18.9 Å². The Balaban J connectivity index is 2.41. The van der Waals surface area contributed by atoms with E-state index in [0.29, 0.717) is 12.8 Å². The van der Waals surface area contributed by atoms with Gasteiger partial charge in [-0.1, -0.05) is 179 Å². The summed E-state index contributed by atoms with van der Waals surface area (Å²) < 4.78 is 54.1. The van der Waals surface area contributed by atoms with Crippen LogP contribution in [-0.4, -0.2) is 96.0 Å². The quantitative estimate of drug-likeness (QED) is 0.0197. The zero-order chi connectivity index (χ0) is 44.8. The van der Waals surface area contributed by atoms with Gasteiger partial charge in [0.15, 0.2) is 12.4 Å². The van der Waals surface area contributed by atoms with Gasteiger partial charge in [0.1, 0.15) is 36.8 Å². The SMILES string of the molecule is CCCCCC/C=C\C/C=C\CCCCCCCC(=O)OC(COC(=O)CCCCCCCCCCCCCCCCCCC)COC1OC(CS(=O)(=O)O)C(O)C(O)C1O. The molecule has 1 heterocycles. The van der Waals surface area contributed by atoms with Gasteiger partial charge >= 0.3 is 11.9 Å². The second kappa shape index (κ2) is 38.6. The van der Waals surface area contributed by atoms with Crippen LogP contribution < -0.4 is 0 Å². The molecular formula is C48H88O12S. The Hall–Kier alpha value is -1.87. The van der Waals surface area contributed by atoms with Crippen molar-refractivity contribution in [3.63, 3.8) is 0 Å². The molecule has 0 aliphatic carbocycles. The fourth-order valence-electron chi connectivity index (χ4n) is 7.47. The first-order valence-electron chi connectivity index (χ1n) is 24.4. The van der Waals surface area contributed by atoms with Crippen molar-refractivity contribution in [2.75, 3.05) is 19.0 Å². The molecule has 0 spiro atoms. The highest BCUT2D eigenvalue weighted by molar-refractivity contribution is 7.85. The summed E-state index contributed by atoms with van der Waals surface area (Å²) in [4.78, 5) is 25.5. The molecule has 6 unspecified atom stereocenters. The van der Waals surface area contributed by atoms with Crippen LogP contribution in [0.4, 0.5) is 0 Å². The number of aliphatic hydroxyl groups excluding tert-OH is 3. The van der Waals surface area contributed by atoms with Gasteiger partial charge in [-0.25, -0.2) is 0 Å². The van der Waals surface area contributed by atoms with E-state index in [1.165, 1.54) is 109 Å². The molecule has 0 saturated carbocycles. The second-order valence-electron chi connectivity index (χ2n) is 17.1. The smallest absolute Gasteiger partial charge is 0.306 e. The Morgan fingerprint density at radius 1 is 0.557 bits per heavy atom. The average Bonchev–Trinajstić information content (AvgIpc) is 3.22. The lowest BCUT2D eigenvalue weighted by atomic mass is 10.00. The van der Waals surface area contributed by atoms with Gasteiger partial charge in [-0.2, -0.15) is 8.42 Å². The fourth-order valence-corrected chi connectivity index (χ4v) is 8.16. The minimum Gasteiger partial charge on any atom is -0.462 e. The van der Waals surface area contributed by atoms with Crippen LogP contribution in [0.25, 0.3) is 0 Å². The molecule has 0 aromatic heterocycles. The molecular weight excluding hydrogens is 801 g/mol. The molecule has 0 amide bonds. The molecule has 4 N–H and O–H groups in total. The minimum atomic E-state index is -4.60. The summed E-state index contributed by atoms with van der Waals surface area (Å²) in [7, 11) is -4.60. The number of carbonyl (C=O) groups excluding carboxylic acids is 2. The van der Waals surface area contributed by atoms with Crippen LogP contribution in [0.2, 0.25) is 0 Å². The van der Waals surface area contributed by atoms with Gasteiger partial charge in [-0.3, -0.25) is 14.1 Å². The number of unbranched alkanes of at least 4 members (excludes halogenated alkanes) is 25. The number of rotatable bonds is 41. The minimum absolute atomic E-state index is 0.151. The van der Waals surface area contributed by atoms with E-state index in [0.717, 1.165) is 64.2 Å². The molecule has 61 heavy (non-hydrogen) atoms. The zero-order valence-electron chi connectivity index (χ0n) is 38.3. The van der Waals surface area contributed by atoms with Gasteiger partial charge in [0, 0.05) is 12.8 Å². The Morgan fingerprint density at radius 2 is 0.984 bits per heavy atom. The molecule has 13 heteroatoms. The number of aliphatic hydroxyl groups is 3. The van der Waals surface area contributed by atoms with Crippen molar-refractivity contribution in [2.45, 2.75) is 250 Å². The van der Waals surface area contributed by atoms with Crippen molar-refractivity contribution in [2.24, 2.45) is 0 Å². The van der Waals surface area contributed by atoms with Gasteiger partial charge < -0.3 is 34.3 Å². The van der Waals surface area contributed by atoms with Crippen molar-refractivity contribution >= 4 is 22.1 Å². The molecule has 1 saturated heterocycles. The van der Waals surface area contributed by atoms with Gasteiger partial charge in [-0.15, -0.1) is 0 Å². The maximum Gasteiger partial charge on any atom is 0.306 e. The molecule has 0 radical (unpaired) electrons. The third kappa shape index (κ3) is 33.3. The molecule has 0 bridgehead atoms. The Bertz CT molecular complexity index is 1220. The summed E-state index contributed by atoms with van der Waals surface area (Å²) in [5.41, 5.74) is 0. The fraction of sp³-hybridized carbons (Fsp3) is 0.875. The molecule has 1 aliphatic heterocycles. The first-order chi connectivity index (χ1) is 29.5. The summed E-state index contributed by atoms with van der Waals surface area (Å²) in [6.45, 7) is 3.75. The van der Waals surface area contributed by atoms with Gasteiger partial charge in [0.2, 0.25) is 0 Å². The molecule has 358 valence electrons. The molecule has 0 aromatic rings. The predicted octanol–water partition coefficient (Wildman–Crippen LogP) is 10.4. The molecule has 1 fully saturated rings. The number of ether oxygens (including phenoxy) is 4. The first kappa shape index (κ1) is 57.1. The van der Waals surface area contributed by atoms with Crippen molar-refractivity contribution in [3.8, 4) is 0 Å². The number of hydrogen-bond acceptors (Lipinski definition) is 11. The summed E-state index contributed by atoms with van der Waals surface area (Å²) in [6.07, 6.45) is 33.6. The second-order valence-corrected chi connectivity index (χ2v) is 18.6. The van der Waals surface area contributed by atoms with Crippen LogP contribution in [0.5, 0.6) is 0 Å². The number of carbonyl (C=O) groups is 2. The van der Waals surface area contributed by atoms with Crippen LogP contribution in [-0.2, 0) is 38.7 Å². The third-order valence-electron chi connectivity index (χ3n) is 11.3. The molecule has 1 aliphatic rings. The lowest BCUT2D eigenvalue weighted by Crippen LogP contribution is -2.60. The van der Waals surface area contributed by atoms with Crippen molar-refractivity contribution < 1.29 is 56.8 Å². The first-order valence-corrected chi connectivity index (χ1v) is 26.0. The van der Waals surface area contributed by atoms with E-state index in [1.54, 1.807) is 0 Å². The van der Waals surface area contributed by atoms with Crippen molar-refractivity contribution in [1.82, 2.24) is 0 Å².